The van der Waals surface area contributed by atoms with Crippen LogP contribution >= 0.6 is 7.82 Å². The molecule has 0 rings (SSSR count). The molecule has 0 saturated heterocycles. The van der Waals surface area contributed by atoms with Crippen molar-refractivity contribution in [2.75, 3.05) is 0 Å². The van der Waals surface area contributed by atoms with Crippen LogP contribution in [0.4, 0.5) is 0 Å². The minimum atomic E-state index is -5.39. The Labute approximate surface area is 55.0 Å². The SMILES string of the molecule is O=P([O-])([O-])[O-].[H+].[Zr]. The summed E-state index contributed by atoms with van der Waals surface area (Å²) < 4.78 is 8.55. The minimum absolute atomic E-state index is 0. The van der Waals surface area contributed by atoms with E-state index >= 15 is 0 Å². The van der Waals surface area contributed by atoms with Crippen molar-refractivity contribution in [3.8, 4) is 0 Å². The van der Waals surface area contributed by atoms with E-state index in [0.29, 0.717) is 0 Å². The van der Waals surface area contributed by atoms with Gasteiger partial charge in [-0.2, -0.15) is 7.82 Å². The monoisotopic (exact) mass is 186 g/mol. The van der Waals surface area contributed by atoms with Crippen LogP contribution in [0.2, 0.25) is 0 Å². The Hall–Kier alpha value is 0.993. The van der Waals surface area contributed by atoms with Crippen molar-refractivity contribution < 1.29 is 46.9 Å². The molecule has 6 heavy (non-hydrogen) atoms. The van der Waals surface area contributed by atoms with Crippen molar-refractivity contribution >= 4 is 7.82 Å². The second kappa shape index (κ2) is 3.06. The van der Waals surface area contributed by atoms with Crippen LogP contribution in [0.1, 0.15) is 1.43 Å². The first-order valence-electron chi connectivity index (χ1n) is 0.730. The summed E-state index contributed by atoms with van der Waals surface area (Å²) >= 11 is 0. The van der Waals surface area contributed by atoms with Crippen LogP contribution in [0.15, 0.2) is 0 Å². The molecule has 36 valence electrons. The van der Waals surface area contributed by atoms with Gasteiger partial charge in [0.05, 0.1) is 0 Å². The summed E-state index contributed by atoms with van der Waals surface area (Å²) in [6, 6.07) is 0. The summed E-state index contributed by atoms with van der Waals surface area (Å²) in [5.41, 5.74) is 0. The fourth-order valence-electron chi connectivity index (χ4n) is 0. The minimum Gasteiger partial charge on any atom is -0.822 e. The molecule has 0 heterocycles. The molecule has 0 atom stereocenters. The second-order valence-corrected chi connectivity index (χ2v) is 1.34. The number of hydrogen-bond donors (Lipinski definition) is 0. The Balaban J connectivity index is -0.0000000800. The molecule has 0 aromatic rings. The van der Waals surface area contributed by atoms with Crippen molar-refractivity contribution in [3.05, 3.63) is 0 Å². The number of rotatable bonds is 0. The first-order chi connectivity index (χ1) is 2.00. The molecular weight excluding hydrogens is 186 g/mol. The van der Waals surface area contributed by atoms with Crippen LogP contribution in [0.25, 0.3) is 0 Å². The van der Waals surface area contributed by atoms with E-state index in [0.717, 1.165) is 0 Å². The third kappa shape index (κ3) is 80.7. The maximum Gasteiger partial charge on any atom is 1.00 e. The van der Waals surface area contributed by atoms with Gasteiger partial charge >= 0.3 is 1.43 Å². The molecule has 0 aliphatic carbocycles. The van der Waals surface area contributed by atoms with Gasteiger partial charge in [0.1, 0.15) is 0 Å². The van der Waals surface area contributed by atoms with Crippen molar-refractivity contribution in [3.63, 3.8) is 0 Å². The molecule has 0 radical (unpaired) electrons. The molecule has 0 aromatic heterocycles. The normalized spacial score (nSPS) is 9.83. The van der Waals surface area contributed by atoms with Crippen molar-refractivity contribution in [2.45, 2.75) is 0 Å². The van der Waals surface area contributed by atoms with Gasteiger partial charge in [-0.3, -0.25) is 0 Å². The van der Waals surface area contributed by atoms with Gasteiger partial charge in [-0.15, -0.1) is 0 Å². The largest absolute Gasteiger partial charge is 1.00 e. The van der Waals surface area contributed by atoms with E-state index in [1.807, 2.05) is 0 Å². The standard InChI is InChI=1S/H3O4P.Zr/c1-5(2,3)4;/h(H3,1,2,3,4);/p-2. The van der Waals surface area contributed by atoms with E-state index in [1.54, 1.807) is 0 Å². The maximum atomic E-state index is 8.55. The van der Waals surface area contributed by atoms with Gasteiger partial charge in [0, 0.05) is 26.2 Å². The molecule has 0 saturated carbocycles. The zero-order chi connectivity index (χ0) is 4.50. The molecule has 0 bridgehead atoms. The van der Waals surface area contributed by atoms with Gasteiger partial charge in [0.25, 0.3) is 0 Å². The second-order valence-electron chi connectivity index (χ2n) is 0.447. The molecule has 0 spiro atoms. The average Bonchev–Trinajstić information content (AvgIpc) is 0.722. The summed E-state index contributed by atoms with van der Waals surface area (Å²) in [4.78, 5) is 25.6. The fourth-order valence-corrected chi connectivity index (χ4v) is 0. The Morgan fingerprint density at radius 1 is 1.33 bits per heavy atom. The summed E-state index contributed by atoms with van der Waals surface area (Å²) in [6.45, 7) is 0. The van der Waals surface area contributed by atoms with Crippen LogP contribution < -0.4 is 14.7 Å². The van der Waals surface area contributed by atoms with Crippen molar-refractivity contribution in [2.24, 2.45) is 0 Å². The molecule has 0 aromatic carbocycles. The van der Waals surface area contributed by atoms with Gasteiger partial charge < -0.3 is 19.2 Å². The zero-order valence-electron chi connectivity index (χ0n) is 3.58. The Kier molecular flexibility index (Phi) is 5.13. The van der Waals surface area contributed by atoms with Crippen LogP contribution in [0.5, 0.6) is 0 Å². The Morgan fingerprint density at radius 3 is 1.33 bits per heavy atom. The predicted octanol–water partition coefficient (Wildman–Crippen LogP) is -2.71. The first kappa shape index (κ1) is 10.1. The third-order valence-electron chi connectivity index (χ3n) is 0. The molecule has 0 N–H and O–H groups in total. The topological polar surface area (TPSA) is 86.2 Å². The zero-order valence-corrected chi connectivity index (χ0v) is 5.93. The molecular formula is HO4PZr-2. The van der Waals surface area contributed by atoms with Crippen LogP contribution in [-0.2, 0) is 30.8 Å². The Morgan fingerprint density at radius 2 is 1.33 bits per heavy atom. The first-order valence-corrected chi connectivity index (χ1v) is 2.19. The van der Waals surface area contributed by atoms with Gasteiger partial charge in [-0.1, -0.05) is 0 Å². The number of phosphoric acid groups is 1. The van der Waals surface area contributed by atoms with E-state index in [2.05, 4.69) is 0 Å². The van der Waals surface area contributed by atoms with Gasteiger partial charge in [0.2, 0.25) is 0 Å². The van der Waals surface area contributed by atoms with Crippen molar-refractivity contribution in [1.29, 1.82) is 0 Å². The molecule has 0 fully saturated rings. The van der Waals surface area contributed by atoms with Crippen LogP contribution in [-0.4, -0.2) is 0 Å². The molecule has 0 amide bonds. The molecule has 4 nitrogen and oxygen atoms in total. The predicted molar refractivity (Wildman–Crippen MR) is 8.72 cm³/mol. The van der Waals surface area contributed by atoms with E-state index in [1.165, 1.54) is 0 Å². The summed E-state index contributed by atoms with van der Waals surface area (Å²) in [5, 5.41) is 0. The van der Waals surface area contributed by atoms with E-state index in [9.17, 15) is 0 Å². The average molecular weight is 187 g/mol. The van der Waals surface area contributed by atoms with E-state index in [4.69, 9.17) is 19.2 Å². The van der Waals surface area contributed by atoms with Crippen molar-refractivity contribution in [1.82, 2.24) is 0 Å². The van der Waals surface area contributed by atoms with Gasteiger partial charge in [-0.05, 0) is 0 Å². The molecule has 0 aliphatic rings. The van der Waals surface area contributed by atoms with E-state index in [-0.39, 0.29) is 27.6 Å². The quantitative estimate of drug-likeness (QED) is 0.386. The smallest absolute Gasteiger partial charge is 0.822 e. The Bertz CT molecular complexity index is 57.8. The molecule has 0 unspecified atom stereocenters. The van der Waals surface area contributed by atoms with Gasteiger partial charge in [-0.25, -0.2) is 0 Å². The summed E-state index contributed by atoms with van der Waals surface area (Å²) in [7, 11) is -5.39. The number of hydrogen-bond acceptors (Lipinski definition) is 4. The fraction of sp³-hybridized carbons (Fsp3) is 0. The molecule has 6 heteroatoms. The summed E-state index contributed by atoms with van der Waals surface area (Å²) in [5.74, 6) is 0. The maximum absolute atomic E-state index is 8.55. The molecule has 0 aliphatic heterocycles. The van der Waals surface area contributed by atoms with Crippen LogP contribution in [0, 0.1) is 0 Å². The third-order valence-corrected chi connectivity index (χ3v) is 0. The summed E-state index contributed by atoms with van der Waals surface area (Å²) in [6.07, 6.45) is 0. The van der Waals surface area contributed by atoms with Gasteiger partial charge in [0.15, 0.2) is 0 Å². The van der Waals surface area contributed by atoms with Crippen LogP contribution in [0.3, 0.4) is 0 Å². The van der Waals surface area contributed by atoms with E-state index < -0.39 is 7.82 Å².